The summed E-state index contributed by atoms with van der Waals surface area (Å²) < 4.78 is 16.1. The molecule has 0 heterocycles. The van der Waals surface area contributed by atoms with Gasteiger partial charge in [0.2, 0.25) is 47.3 Å². The summed E-state index contributed by atoms with van der Waals surface area (Å²) in [5.41, 5.74) is 12.7. The minimum atomic E-state index is -4.97. The second-order valence-corrected chi connectivity index (χ2v) is 19.7. The number of phosphoric acid groups is 1. The van der Waals surface area contributed by atoms with E-state index < -0.39 is 141 Å². The number of rotatable bonds is 32. The Morgan fingerprint density at radius 3 is 1.68 bits per heavy atom. The molecule has 0 unspecified atom stereocenters. The van der Waals surface area contributed by atoms with Crippen LogP contribution in [0.3, 0.4) is 0 Å². The van der Waals surface area contributed by atoms with Crippen molar-refractivity contribution in [3.05, 3.63) is 65.7 Å². The third-order valence-electron chi connectivity index (χ3n) is 10.8. The van der Waals surface area contributed by atoms with Crippen molar-refractivity contribution in [3.8, 4) is 5.75 Å². The first-order valence-corrected chi connectivity index (χ1v) is 25.0. The summed E-state index contributed by atoms with van der Waals surface area (Å²) in [5.74, 6) is -11.2. The molecule has 0 fully saturated rings. The predicted molar refractivity (Wildman–Crippen MR) is 262 cm³/mol. The van der Waals surface area contributed by atoms with Gasteiger partial charge in [-0.1, -0.05) is 84.0 Å². The Kier molecular flexibility index (Phi) is 25.7. The average Bonchev–Trinajstić information content (AvgIpc) is 3.28. The number of aliphatic carboxylic acids is 2. The normalized spacial score (nSPS) is 14.2. The number of amides is 8. The number of hydrogen-bond donors (Lipinski definition) is 13. The van der Waals surface area contributed by atoms with Gasteiger partial charge < -0.3 is 63.4 Å². The molecule has 0 saturated heterocycles. The fourth-order valence-electron chi connectivity index (χ4n) is 7.16. The molecule has 73 heavy (non-hydrogen) atoms. The van der Waals surface area contributed by atoms with Crippen molar-refractivity contribution >= 4 is 67.0 Å². The number of nitrogens with two attached hydrogens (primary N) is 2. The highest BCUT2D eigenvalue weighted by molar-refractivity contribution is 7.46. The summed E-state index contributed by atoms with van der Waals surface area (Å²) in [5, 5.41) is 35.5. The number of hydrogen-bond acceptors (Lipinski definition) is 13. The van der Waals surface area contributed by atoms with E-state index in [9.17, 15) is 67.4 Å². The van der Waals surface area contributed by atoms with Gasteiger partial charge in [0.05, 0.1) is 19.0 Å². The molecular formula is C47H70N9O16P. The van der Waals surface area contributed by atoms with Crippen LogP contribution >= 0.6 is 7.82 Å². The zero-order valence-electron chi connectivity index (χ0n) is 41.6. The first-order chi connectivity index (χ1) is 34.0. The Labute approximate surface area is 422 Å². The monoisotopic (exact) mass is 1050 g/mol. The van der Waals surface area contributed by atoms with Gasteiger partial charge in [-0.15, -0.1) is 0 Å². The number of aryl methyl sites for hydroxylation is 1. The minimum Gasteiger partial charge on any atom is -0.481 e. The molecule has 0 aromatic heterocycles. The Bertz CT molecular complexity index is 2280. The number of carboxylic acid groups (broad SMARTS) is 2. The van der Waals surface area contributed by atoms with Crippen LogP contribution in [0.5, 0.6) is 5.75 Å². The Morgan fingerprint density at radius 1 is 0.603 bits per heavy atom. The molecule has 404 valence electrons. The summed E-state index contributed by atoms with van der Waals surface area (Å²) in [6.07, 6.45) is -1.76. The number of carbonyl (C=O) groups is 10. The molecule has 0 radical (unpaired) electrons. The van der Waals surface area contributed by atoms with Gasteiger partial charge in [0.1, 0.15) is 42.0 Å². The van der Waals surface area contributed by atoms with Crippen molar-refractivity contribution < 1.29 is 77.0 Å². The fraction of sp³-hybridized carbons (Fsp3) is 0.532. The van der Waals surface area contributed by atoms with E-state index >= 15 is 0 Å². The van der Waals surface area contributed by atoms with E-state index in [1.807, 2.05) is 13.8 Å². The quantitative estimate of drug-likeness (QED) is 0.0401. The number of nitrogens with one attached hydrogen (secondary N) is 7. The molecule has 0 bridgehead atoms. The van der Waals surface area contributed by atoms with Crippen molar-refractivity contribution in [1.29, 1.82) is 0 Å². The van der Waals surface area contributed by atoms with E-state index in [0.717, 1.165) is 5.56 Å². The second kappa shape index (κ2) is 30.2. The van der Waals surface area contributed by atoms with E-state index in [0.29, 0.717) is 6.42 Å². The van der Waals surface area contributed by atoms with Gasteiger partial charge in [-0.05, 0) is 73.1 Å². The third kappa shape index (κ3) is 24.4. The SMILES string of the molecule is CC(C)C[C@H](NC(=O)[C@H](CC(N)=O)NC(=O)[C@H](Cc1ccc(OP(=O)(O)O)cc1)NC(=O)[C@H](CCc1ccccc1)NC(=O)[C@@H](NC(=O)[C@@H](N)CC(C)C)C(C)C)C(=O)NCC(=O)N[C@@H](CCC(=O)O)C(=O)O. The summed E-state index contributed by atoms with van der Waals surface area (Å²) in [7, 11) is -4.97. The van der Waals surface area contributed by atoms with Crippen LogP contribution in [-0.4, -0.2) is 128 Å². The van der Waals surface area contributed by atoms with Crippen LogP contribution in [-0.2, 0) is 65.4 Å². The molecule has 0 aliphatic heterocycles. The smallest absolute Gasteiger partial charge is 0.481 e. The molecule has 7 atom stereocenters. The topological polar surface area (TPSA) is 414 Å². The van der Waals surface area contributed by atoms with E-state index in [2.05, 4.69) is 41.7 Å². The Hall–Kier alpha value is -6.95. The average molecular weight is 1050 g/mol. The maximum absolute atomic E-state index is 14.4. The molecule has 2 aromatic carbocycles. The van der Waals surface area contributed by atoms with Crippen LogP contribution < -0.4 is 53.2 Å². The number of primary amides is 1. The number of benzene rings is 2. The maximum Gasteiger partial charge on any atom is 0.524 e. The molecule has 8 amide bonds. The van der Waals surface area contributed by atoms with Gasteiger partial charge in [-0.25, -0.2) is 9.36 Å². The zero-order valence-corrected chi connectivity index (χ0v) is 42.5. The van der Waals surface area contributed by atoms with Crippen molar-refractivity contribution in [2.45, 2.75) is 135 Å². The maximum atomic E-state index is 14.4. The molecular weight excluding hydrogens is 978 g/mol. The predicted octanol–water partition coefficient (Wildman–Crippen LogP) is -0.741. The van der Waals surface area contributed by atoms with E-state index in [-0.39, 0.29) is 48.8 Å². The van der Waals surface area contributed by atoms with Crippen LogP contribution in [0.1, 0.15) is 91.2 Å². The highest BCUT2D eigenvalue weighted by Gasteiger charge is 2.35. The molecule has 0 aliphatic carbocycles. The molecule has 0 saturated carbocycles. The van der Waals surface area contributed by atoms with Gasteiger partial charge in [-0.3, -0.25) is 52.9 Å². The molecule has 2 aromatic rings. The number of carboxylic acids is 2. The number of carbonyl (C=O) groups excluding carboxylic acids is 8. The van der Waals surface area contributed by atoms with E-state index in [1.165, 1.54) is 24.3 Å². The summed E-state index contributed by atoms with van der Waals surface area (Å²) in [6.45, 7) is 9.70. The lowest BCUT2D eigenvalue weighted by Crippen LogP contribution is -2.61. The van der Waals surface area contributed by atoms with Crippen molar-refractivity contribution in [2.24, 2.45) is 29.2 Å². The second-order valence-electron chi connectivity index (χ2n) is 18.6. The van der Waals surface area contributed by atoms with Gasteiger partial charge >= 0.3 is 19.8 Å². The molecule has 0 aliphatic rings. The highest BCUT2D eigenvalue weighted by Crippen LogP contribution is 2.37. The van der Waals surface area contributed by atoms with E-state index in [1.54, 1.807) is 58.0 Å². The lowest BCUT2D eigenvalue weighted by molar-refractivity contribution is -0.143. The molecule has 15 N–H and O–H groups in total. The van der Waals surface area contributed by atoms with Crippen molar-refractivity contribution in [1.82, 2.24) is 37.2 Å². The number of phosphoric ester groups is 1. The summed E-state index contributed by atoms with van der Waals surface area (Å²) in [6, 6.07) is 4.02. The van der Waals surface area contributed by atoms with Gasteiger partial charge in [-0.2, -0.15) is 0 Å². The fourth-order valence-corrected chi connectivity index (χ4v) is 7.55. The first-order valence-electron chi connectivity index (χ1n) is 23.5. The lowest BCUT2D eigenvalue weighted by Gasteiger charge is -2.28. The van der Waals surface area contributed by atoms with Crippen molar-refractivity contribution in [2.75, 3.05) is 6.54 Å². The Balaban J connectivity index is 2.52. The van der Waals surface area contributed by atoms with Gasteiger partial charge in [0.15, 0.2) is 0 Å². The third-order valence-corrected chi connectivity index (χ3v) is 11.3. The minimum absolute atomic E-state index is 0.0332. The van der Waals surface area contributed by atoms with Crippen LogP contribution in [0.4, 0.5) is 0 Å². The molecule has 0 spiro atoms. The largest absolute Gasteiger partial charge is 0.524 e. The standard InChI is InChI=1S/C47H70N9O16P/c1-25(2)20-31(48)41(61)56-40(27(5)6)46(66)52-32(17-14-28-10-8-7-9-11-28)43(63)54-35(22-29-12-15-30(16-13-29)72-73(69,70)71)44(64)55-36(23-37(49)57)45(65)53-34(21-26(3)4)42(62)50-24-38(58)51-33(47(67)68)18-19-39(59)60/h7-13,15-16,25-27,31-36,40H,14,17-24,48H2,1-6H3,(H2,49,57)(H,50,62)(H,51,58)(H,52,66)(H,53,65)(H,54,63)(H,55,64)(H,56,61)(H,59,60)(H,67,68)(H2,69,70,71)/t31-,32-,33-,34-,35-,36-,40-/m0/s1. The van der Waals surface area contributed by atoms with Gasteiger partial charge in [0, 0.05) is 12.8 Å². The molecule has 26 heteroatoms. The van der Waals surface area contributed by atoms with Crippen LogP contribution in [0.25, 0.3) is 0 Å². The zero-order chi connectivity index (χ0) is 55.2. The highest BCUT2D eigenvalue weighted by atomic mass is 31.2. The van der Waals surface area contributed by atoms with E-state index in [4.69, 9.17) is 16.6 Å². The van der Waals surface area contributed by atoms with Crippen LogP contribution in [0.2, 0.25) is 0 Å². The summed E-state index contributed by atoms with van der Waals surface area (Å²) >= 11 is 0. The first kappa shape index (κ1) is 62.2. The van der Waals surface area contributed by atoms with Crippen LogP contribution in [0, 0.1) is 17.8 Å². The van der Waals surface area contributed by atoms with Gasteiger partial charge in [0.25, 0.3) is 0 Å². The van der Waals surface area contributed by atoms with Crippen LogP contribution in [0.15, 0.2) is 54.6 Å². The molecule has 25 nitrogen and oxygen atoms in total. The Morgan fingerprint density at radius 2 is 1.15 bits per heavy atom. The molecule has 2 rings (SSSR count). The summed E-state index contributed by atoms with van der Waals surface area (Å²) in [4.78, 5) is 149. The van der Waals surface area contributed by atoms with Crippen molar-refractivity contribution in [3.63, 3.8) is 0 Å². The lowest BCUT2D eigenvalue weighted by atomic mass is 9.98.